The van der Waals surface area contributed by atoms with Crippen LogP contribution in [0.5, 0.6) is 0 Å². The third kappa shape index (κ3) is 3.16. The Balaban J connectivity index is 2.93. The van der Waals surface area contributed by atoms with Crippen molar-refractivity contribution in [1.82, 2.24) is 0 Å². The molecular weight excluding hydrogens is 222 g/mol. The van der Waals surface area contributed by atoms with E-state index in [1.807, 2.05) is 0 Å². The van der Waals surface area contributed by atoms with Gasteiger partial charge in [0.25, 0.3) is 0 Å². The number of anilines is 1. The summed E-state index contributed by atoms with van der Waals surface area (Å²) in [4.78, 5) is 0. The number of hydrogen-bond acceptors (Lipinski definition) is 1. The second-order valence-corrected chi connectivity index (χ2v) is 2.97. The van der Waals surface area contributed by atoms with E-state index in [4.69, 9.17) is 0 Å². The van der Waals surface area contributed by atoms with Crippen LogP contribution in [0, 0.1) is 17.7 Å². The average Bonchev–Trinajstić information content (AvgIpc) is 2.19. The Morgan fingerprint density at radius 1 is 1.31 bits per heavy atom. The van der Waals surface area contributed by atoms with Crippen molar-refractivity contribution in [3.63, 3.8) is 0 Å². The van der Waals surface area contributed by atoms with Crippen molar-refractivity contribution in [2.45, 2.75) is 13.1 Å². The Morgan fingerprint density at radius 2 is 2.00 bits per heavy atom. The zero-order chi connectivity index (χ0) is 12.2. The van der Waals surface area contributed by atoms with Gasteiger partial charge in [-0.1, -0.05) is 5.92 Å². The molecule has 1 aromatic rings. The SMILES string of the molecule is CC#CCNc1ccc(F)c(C(F)(F)F)c1. The van der Waals surface area contributed by atoms with Gasteiger partial charge in [0.05, 0.1) is 12.1 Å². The van der Waals surface area contributed by atoms with E-state index in [1.54, 1.807) is 6.92 Å². The Hall–Kier alpha value is -1.70. The summed E-state index contributed by atoms with van der Waals surface area (Å²) < 4.78 is 49.8. The second-order valence-electron chi connectivity index (χ2n) is 2.97. The van der Waals surface area contributed by atoms with E-state index in [0.29, 0.717) is 0 Å². The molecule has 0 heterocycles. The van der Waals surface area contributed by atoms with Crippen molar-refractivity contribution in [3.8, 4) is 11.8 Å². The molecule has 1 nitrogen and oxygen atoms in total. The zero-order valence-corrected chi connectivity index (χ0v) is 8.45. The van der Waals surface area contributed by atoms with Crippen molar-refractivity contribution in [3.05, 3.63) is 29.6 Å². The topological polar surface area (TPSA) is 12.0 Å². The van der Waals surface area contributed by atoms with Crippen LogP contribution in [-0.4, -0.2) is 6.54 Å². The van der Waals surface area contributed by atoms with Gasteiger partial charge in [-0.25, -0.2) is 4.39 Å². The number of rotatable bonds is 2. The van der Waals surface area contributed by atoms with E-state index in [0.717, 1.165) is 12.1 Å². The lowest BCUT2D eigenvalue weighted by Crippen LogP contribution is -2.09. The second kappa shape index (κ2) is 4.88. The summed E-state index contributed by atoms with van der Waals surface area (Å²) in [6.07, 6.45) is -4.68. The first-order valence-electron chi connectivity index (χ1n) is 4.45. The normalized spacial score (nSPS) is 10.6. The molecule has 0 atom stereocenters. The van der Waals surface area contributed by atoms with E-state index in [9.17, 15) is 17.6 Å². The van der Waals surface area contributed by atoms with Gasteiger partial charge in [-0.15, -0.1) is 5.92 Å². The predicted molar refractivity (Wildman–Crippen MR) is 53.3 cm³/mol. The molecule has 0 aliphatic rings. The van der Waals surface area contributed by atoms with Crippen LogP contribution >= 0.6 is 0 Å². The van der Waals surface area contributed by atoms with Crippen LogP contribution < -0.4 is 5.32 Å². The molecule has 0 aliphatic carbocycles. The highest BCUT2D eigenvalue weighted by molar-refractivity contribution is 5.47. The minimum Gasteiger partial charge on any atom is -0.374 e. The molecule has 0 aliphatic heterocycles. The van der Waals surface area contributed by atoms with Crippen LogP contribution in [0.1, 0.15) is 12.5 Å². The van der Waals surface area contributed by atoms with Gasteiger partial charge in [0.1, 0.15) is 5.82 Å². The van der Waals surface area contributed by atoms with Gasteiger partial charge in [-0.2, -0.15) is 13.2 Å². The van der Waals surface area contributed by atoms with E-state index in [-0.39, 0.29) is 12.2 Å². The van der Waals surface area contributed by atoms with Crippen LogP contribution in [0.2, 0.25) is 0 Å². The van der Waals surface area contributed by atoms with E-state index >= 15 is 0 Å². The molecule has 5 heteroatoms. The zero-order valence-electron chi connectivity index (χ0n) is 8.45. The fourth-order valence-electron chi connectivity index (χ4n) is 1.09. The monoisotopic (exact) mass is 231 g/mol. The highest BCUT2D eigenvalue weighted by Crippen LogP contribution is 2.32. The molecule has 0 fully saturated rings. The maximum Gasteiger partial charge on any atom is 0.419 e. The molecule has 0 spiro atoms. The number of halogens is 4. The number of benzene rings is 1. The standard InChI is InChI=1S/C11H9F4N/c1-2-3-6-16-8-4-5-10(12)9(7-8)11(13,14)15/h4-5,7,16H,6H2,1H3. The lowest BCUT2D eigenvalue weighted by atomic mass is 10.2. The lowest BCUT2D eigenvalue weighted by Gasteiger charge is -2.10. The van der Waals surface area contributed by atoms with Gasteiger partial charge in [0, 0.05) is 5.69 Å². The van der Waals surface area contributed by atoms with Crippen molar-refractivity contribution >= 4 is 5.69 Å². The number of nitrogens with one attached hydrogen (secondary N) is 1. The van der Waals surface area contributed by atoms with E-state index in [1.165, 1.54) is 6.07 Å². The maximum atomic E-state index is 12.9. The van der Waals surface area contributed by atoms with Crippen molar-refractivity contribution in [2.75, 3.05) is 11.9 Å². The molecule has 86 valence electrons. The van der Waals surface area contributed by atoms with Crippen LogP contribution in [-0.2, 0) is 6.18 Å². The number of alkyl halides is 3. The third-order valence-electron chi connectivity index (χ3n) is 1.83. The summed E-state index contributed by atoms with van der Waals surface area (Å²) in [5.74, 6) is 3.94. The lowest BCUT2D eigenvalue weighted by molar-refractivity contribution is -0.139. The van der Waals surface area contributed by atoms with Gasteiger partial charge in [-0.05, 0) is 25.1 Å². The molecule has 0 saturated carbocycles. The Kier molecular flexibility index (Phi) is 3.78. The summed E-state index contributed by atoms with van der Waals surface area (Å²) in [5.41, 5.74) is -1.08. The largest absolute Gasteiger partial charge is 0.419 e. The van der Waals surface area contributed by atoms with Gasteiger partial charge in [-0.3, -0.25) is 0 Å². The van der Waals surface area contributed by atoms with Gasteiger partial charge in [0.2, 0.25) is 0 Å². The Morgan fingerprint density at radius 3 is 2.56 bits per heavy atom. The highest BCUT2D eigenvalue weighted by atomic mass is 19.4. The number of hydrogen-bond donors (Lipinski definition) is 1. The molecule has 0 bridgehead atoms. The quantitative estimate of drug-likeness (QED) is 0.608. The highest BCUT2D eigenvalue weighted by Gasteiger charge is 2.34. The third-order valence-corrected chi connectivity index (χ3v) is 1.83. The summed E-state index contributed by atoms with van der Waals surface area (Å²) >= 11 is 0. The van der Waals surface area contributed by atoms with Crippen molar-refractivity contribution < 1.29 is 17.6 Å². The van der Waals surface area contributed by atoms with E-state index < -0.39 is 17.6 Å². The first kappa shape index (κ1) is 12.4. The molecule has 0 saturated heterocycles. The molecule has 1 aromatic carbocycles. The molecule has 0 amide bonds. The van der Waals surface area contributed by atoms with Crippen LogP contribution in [0.4, 0.5) is 23.2 Å². The van der Waals surface area contributed by atoms with Crippen LogP contribution in [0.25, 0.3) is 0 Å². The minimum atomic E-state index is -4.68. The molecular formula is C11H9F4N. The summed E-state index contributed by atoms with van der Waals surface area (Å²) in [5, 5.41) is 2.64. The van der Waals surface area contributed by atoms with Gasteiger partial charge >= 0.3 is 6.18 Å². The Bertz CT molecular complexity index is 426. The van der Waals surface area contributed by atoms with E-state index in [2.05, 4.69) is 17.2 Å². The van der Waals surface area contributed by atoms with Gasteiger partial charge < -0.3 is 5.32 Å². The Labute approximate surface area is 90.5 Å². The van der Waals surface area contributed by atoms with Crippen molar-refractivity contribution in [2.24, 2.45) is 0 Å². The van der Waals surface area contributed by atoms with Gasteiger partial charge in [0.15, 0.2) is 0 Å². The minimum absolute atomic E-state index is 0.191. The first-order valence-corrected chi connectivity index (χ1v) is 4.45. The molecule has 1 N–H and O–H groups in total. The maximum absolute atomic E-state index is 12.9. The summed E-state index contributed by atoms with van der Waals surface area (Å²) in [6, 6.07) is 2.75. The predicted octanol–water partition coefficient (Wildman–Crippen LogP) is 3.28. The average molecular weight is 231 g/mol. The summed E-state index contributed by atoms with van der Waals surface area (Å²) in [6.45, 7) is 1.84. The van der Waals surface area contributed by atoms with Crippen molar-refractivity contribution in [1.29, 1.82) is 0 Å². The molecule has 0 aromatic heterocycles. The smallest absolute Gasteiger partial charge is 0.374 e. The fraction of sp³-hybridized carbons (Fsp3) is 0.273. The summed E-state index contributed by atoms with van der Waals surface area (Å²) in [7, 11) is 0. The molecule has 0 unspecified atom stereocenters. The van der Waals surface area contributed by atoms with Crippen LogP contribution in [0.15, 0.2) is 18.2 Å². The molecule has 16 heavy (non-hydrogen) atoms. The molecule has 0 radical (unpaired) electrons. The fourth-order valence-corrected chi connectivity index (χ4v) is 1.09. The molecule has 1 rings (SSSR count). The first-order chi connectivity index (χ1) is 7.45. The van der Waals surface area contributed by atoms with Crippen LogP contribution in [0.3, 0.4) is 0 Å².